The van der Waals surface area contributed by atoms with Crippen LogP contribution in [0.3, 0.4) is 0 Å². The highest BCUT2D eigenvalue weighted by molar-refractivity contribution is 5.71. The van der Waals surface area contributed by atoms with E-state index in [0.717, 1.165) is 6.42 Å². The van der Waals surface area contributed by atoms with E-state index in [4.69, 9.17) is 5.26 Å². The van der Waals surface area contributed by atoms with Crippen LogP contribution in [0.5, 0.6) is 0 Å². The molecule has 3 unspecified atom stereocenters. The molecule has 0 radical (unpaired) electrons. The maximum absolute atomic E-state index is 11.4. The first-order chi connectivity index (χ1) is 9.87. The molecular weight excluding hydrogens is 268 g/mol. The highest BCUT2D eigenvalue weighted by atomic mass is 16.4. The van der Waals surface area contributed by atoms with Gasteiger partial charge in [-0.15, -0.1) is 5.10 Å². The Balaban J connectivity index is 2.20. The van der Waals surface area contributed by atoms with Gasteiger partial charge in [-0.3, -0.25) is 4.79 Å². The number of nitrogens with one attached hydrogen (secondary N) is 1. The van der Waals surface area contributed by atoms with Crippen LogP contribution < -0.4 is 5.32 Å². The van der Waals surface area contributed by atoms with Crippen LogP contribution in [0.25, 0.3) is 0 Å². The fourth-order valence-electron chi connectivity index (χ4n) is 3.15. The van der Waals surface area contributed by atoms with Gasteiger partial charge < -0.3 is 10.4 Å². The van der Waals surface area contributed by atoms with Gasteiger partial charge in [0.15, 0.2) is 5.82 Å². The van der Waals surface area contributed by atoms with Crippen molar-refractivity contribution in [3.63, 3.8) is 0 Å². The molecule has 6 heteroatoms. The molecule has 0 bridgehead atoms. The summed E-state index contributed by atoms with van der Waals surface area (Å²) in [5.41, 5.74) is 0.131. The van der Waals surface area contributed by atoms with E-state index >= 15 is 0 Å². The minimum atomic E-state index is -0.734. The summed E-state index contributed by atoms with van der Waals surface area (Å²) in [7, 11) is 0. The highest BCUT2D eigenvalue weighted by Crippen LogP contribution is 2.45. The van der Waals surface area contributed by atoms with Crippen molar-refractivity contribution in [2.75, 3.05) is 5.32 Å². The summed E-state index contributed by atoms with van der Waals surface area (Å²) in [6, 6.07) is 3.79. The van der Waals surface area contributed by atoms with E-state index in [-0.39, 0.29) is 23.3 Å². The van der Waals surface area contributed by atoms with Crippen molar-refractivity contribution in [1.82, 2.24) is 10.2 Å². The second kappa shape index (κ2) is 5.68. The molecule has 2 rings (SSSR count). The topological polar surface area (TPSA) is 98.9 Å². The molecule has 2 N–H and O–H groups in total. The maximum Gasteiger partial charge on any atom is 0.307 e. The van der Waals surface area contributed by atoms with Crippen molar-refractivity contribution in [2.24, 2.45) is 17.3 Å². The van der Waals surface area contributed by atoms with Gasteiger partial charge >= 0.3 is 5.97 Å². The number of carboxylic acids is 1. The monoisotopic (exact) mass is 288 g/mol. The summed E-state index contributed by atoms with van der Waals surface area (Å²) in [6.45, 7) is 6.04. The molecule has 112 valence electrons. The van der Waals surface area contributed by atoms with Crippen LogP contribution in [0.4, 0.5) is 5.82 Å². The normalized spacial score (nSPS) is 27.6. The molecule has 1 aromatic heterocycles. The molecule has 6 nitrogen and oxygen atoms in total. The number of nitrogens with zero attached hydrogens (tertiary/aromatic N) is 3. The van der Waals surface area contributed by atoms with Crippen molar-refractivity contribution in [1.29, 1.82) is 5.26 Å². The molecular formula is C15H20N4O2. The minimum Gasteiger partial charge on any atom is -0.481 e. The lowest BCUT2D eigenvalue weighted by molar-refractivity contribution is -0.149. The van der Waals surface area contributed by atoms with Crippen LogP contribution in [0.2, 0.25) is 0 Å². The molecule has 1 fully saturated rings. The lowest BCUT2D eigenvalue weighted by Crippen LogP contribution is -2.48. The van der Waals surface area contributed by atoms with Gasteiger partial charge in [-0.25, -0.2) is 0 Å². The van der Waals surface area contributed by atoms with Gasteiger partial charge in [-0.2, -0.15) is 10.4 Å². The molecule has 1 aliphatic rings. The molecule has 0 spiro atoms. The van der Waals surface area contributed by atoms with E-state index in [1.54, 1.807) is 6.07 Å². The standard InChI is InChI=1S/C15H20N4O2/c1-9-12(5-4-11(14(20)21)15(9,2)3)18-13-10(8-16)6-7-17-19-13/h6-7,9,11-12H,4-5H2,1-3H3,(H,18,19)(H,20,21). The van der Waals surface area contributed by atoms with E-state index in [2.05, 4.69) is 28.5 Å². The Morgan fingerprint density at radius 3 is 2.86 bits per heavy atom. The van der Waals surface area contributed by atoms with E-state index in [9.17, 15) is 9.90 Å². The van der Waals surface area contributed by atoms with Crippen molar-refractivity contribution in [3.8, 4) is 6.07 Å². The molecule has 0 aliphatic heterocycles. The van der Waals surface area contributed by atoms with Gasteiger partial charge in [0.25, 0.3) is 0 Å². The molecule has 0 amide bonds. The van der Waals surface area contributed by atoms with Gasteiger partial charge in [0.1, 0.15) is 6.07 Å². The van der Waals surface area contributed by atoms with Crippen LogP contribution in [0, 0.1) is 28.6 Å². The minimum absolute atomic E-state index is 0.0828. The smallest absolute Gasteiger partial charge is 0.307 e. The number of carbonyl (C=O) groups is 1. The molecule has 0 aromatic carbocycles. The van der Waals surface area contributed by atoms with Gasteiger partial charge in [0, 0.05) is 6.04 Å². The quantitative estimate of drug-likeness (QED) is 0.885. The Bertz CT molecular complexity index is 579. The lowest BCUT2D eigenvalue weighted by Gasteiger charge is -2.46. The summed E-state index contributed by atoms with van der Waals surface area (Å²) >= 11 is 0. The zero-order valence-corrected chi connectivity index (χ0v) is 12.5. The first kappa shape index (κ1) is 15.2. The number of hydrogen-bond acceptors (Lipinski definition) is 5. The Hall–Kier alpha value is -2.16. The van der Waals surface area contributed by atoms with E-state index in [1.807, 2.05) is 13.8 Å². The molecule has 1 aliphatic carbocycles. The first-order valence-electron chi connectivity index (χ1n) is 7.09. The Labute approximate surface area is 124 Å². The largest absolute Gasteiger partial charge is 0.481 e. The Morgan fingerprint density at radius 1 is 1.52 bits per heavy atom. The first-order valence-corrected chi connectivity index (χ1v) is 7.09. The average molecular weight is 288 g/mol. The molecule has 21 heavy (non-hydrogen) atoms. The van der Waals surface area contributed by atoms with E-state index in [0.29, 0.717) is 17.8 Å². The van der Waals surface area contributed by atoms with Crippen molar-refractivity contribution >= 4 is 11.8 Å². The fraction of sp³-hybridized carbons (Fsp3) is 0.600. The zero-order chi connectivity index (χ0) is 15.6. The molecule has 3 atom stereocenters. The third kappa shape index (κ3) is 2.82. The number of nitriles is 1. The summed E-state index contributed by atoms with van der Waals surface area (Å²) in [5.74, 6) is -0.465. The zero-order valence-electron chi connectivity index (χ0n) is 12.5. The molecule has 1 heterocycles. The Kier molecular flexibility index (Phi) is 4.12. The third-order valence-corrected chi connectivity index (χ3v) is 4.90. The summed E-state index contributed by atoms with van der Waals surface area (Å²) < 4.78 is 0. The van der Waals surface area contributed by atoms with Crippen molar-refractivity contribution in [3.05, 3.63) is 17.8 Å². The highest BCUT2D eigenvalue weighted by Gasteiger charge is 2.46. The van der Waals surface area contributed by atoms with Crippen LogP contribution in [0.1, 0.15) is 39.2 Å². The Morgan fingerprint density at radius 2 is 2.24 bits per heavy atom. The summed E-state index contributed by atoms with van der Waals surface area (Å²) in [6.07, 6.45) is 2.84. The number of aliphatic carboxylic acids is 1. The van der Waals surface area contributed by atoms with Crippen LogP contribution in [-0.4, -0.2) is 27.3 Å². The number of aromatic nitrogens is 2. The van der Waals surface area contributed by atoms with E-state index in [1.165, 1.54) is 6.20 Å². The van der Waals surface area contributed by atoms with Gasteiger partial charge in [0.2, 0.25) is 0 Å². The molecule has 1 saturated carbocycles. The lowest BCUT2D eigenvalue weighted by atomic mass is 9.61. The van der Waals surface area contributed by atoms with Gasteiger partial charge in [-0.05, 0) is 30.2 Å². The predicted octanol–water partition coefficient (Wildman–Crippen LogP) is 2.29. The van der Waals surface area contributed by atoms with Crippen LogP contribution >= 0.6 is 0 Å². The maximum atomic E-state index is 11.4. The van der Waals surface area contributed by atoms with Gasteiger partial charge in [0.05, 0.1) is 17.7 Å². The van der Waals surface area contributed by atoms with Crippen LogP contribution in [-0.2, 0) is 4.79 Å². The number of hydrogen-bond donors (Lipinski definition) is 2. The number of anilines is 1. The SMILES string of the molecule is CC1C(Nc2nnccc2C#N)CCC(C(=O)O)C1(C)C. The number of carboxylic acid groups (broad SMARTS) is 1. The van der Waals surface area contributed by atoms with Crippen molar-refractivity contribution in [2.45, 2.75) is 39.7 Å². The van der Waals surface area contributed by atoms with Gasteiger partial charge in [-0.1, -0.05) is 20.8 Å². The average Bonchev–Trinajstić information content (AvgIpc) is 2.44. The molecule has 1 aromatic rings. The number of rotatable bonds is 3. The summed E-state index contributed by atoms with van der Waals surface area (Å²) in [5, 5.41) is 29.5. The van der Waals surface area contributed by atoms with Crippen LogP contribution in [0.15, 0.2) is 12.3 Å². The molecule has 0 saturated heterocycles. The summed E-state index contributed by atoms with van der Waals surface area (Å²) in [4.78, 5) is 11.4. The predicted molar refractivity (Wildman–Crippen MR) is 77.5 cm³/mol. The fourth-order valence-corrected chi connectivity index (χ4v) is 3.15. The third-order valence-electron chi connectivity index (χ3n) is 4.90. The van der Waals surface area contributed by atoms with E-state index < -0.39 is 5.97 Å². The second-order valence-electron chi connectivity index (χ2n) is 6.23. The second-order valence-corrected chi connectivity index (χ2v) is 6.23. The van der Waals surface area contributed by atoms with Crippen molar-refractivity contribution < 1.29 is 9.90 Å².